The van der Waals surface area contributed by atoms with Gasteiger partial charge in [-0.25, -0.2) is 4.98 Å². The van der Waals surface area contributed by atoms with E-state index >= 15 is 0 Å². The maximum absolute atomic E-state index is 12.8. The molecule has 1 fully saturated rings. The number of hydrogen-bond acceptors (Lipinski definition) is 5. The lowest BCUT2D eigenvalue weighted by molar-refractivity contribution is -0.137. The third-order valence-corrected chi connectivity index (χ3v) is 6.70. The molecule has 2 aliphatic rings. The van der Waals surface area contributed by atoms with E-state index in [9.17, 15) is 13.2 Å². The smallest absolute Gasteiger partial charge is 0.353 e. The molecule has 1 aliphatic carbocycles. The molecule has 0 N–H and O–H groups in total. The summed E-state index contributed by atoms with van der Waals surface area (Å²) < 4.78 is 38.4. The molecule has 0 bridgehead atoms. The third kappa shape index (κ3) is 4.38. The number of aryl methyl sites for hydroxylation is 1. The van der Waals surface area contributed by atoms with Gasteiger partial charge in [0, 0.05) is 44.4 Å². The first-order valence-corrected chi connectivity index (χ1v) is 11.3. The second-order valence-corrected chi connectivity index (χ2v) is 8.76. The van der Waals surface area contributed by atoms with Crippen LogP contribution in [0.5, 0.6) is 0 Å². The van der Waals surface area contributed by atoms with Crippen LogP contribution >= 0.6 is 0 Å². The van der Waals surface area contributed by atoms with Crippen molar-refractivity contribution >= 4 is 11.6 Å². The van der Waals surface area contributed by atoms with E-state index in [-0.39, 0.29) is 0 Å². The Bertz CT molecular complexity index is 1140. The summed E-state index contributed by atoms with van der Waals surface area (Å²) in [4.78, 5) is 8.33. The lowest BCUT2D eigenvalue weighted by atomic mass is 10.00. The minimum Gasteiger partial charge on any atom is -0.353 e. The summed E-state index contributed by atoms with van der Waals surface area (Å²) in [7, 11) is 0. The fourth-order valence-electron chi connectivity index (χ4n) is 4.81. The van der Waals surface area contributed by atoms with Gasteiger partial charge in [0.15, 0.2) is 5.82 Å². The van der Waals surface area contributed by atoms with Gasteiger partial charge >= 0.3 is 6.18 Å². The van der Waals surface area contributed by atoms with Crippen LogP contribution in [0.3, 0.4) is 0 Å². The molecule has 8 heteroatoms. The standard InChI is InChI=1S/C25H26F3N5/c1-17-5-2-3-6-18(17)15-22-20-7-4-8-21(20)24(31-30-22)33-13-11-32(12-14-33)23-10-9-19(16-29-23)25(26,27)28/h2-3,5-6,9-10,16H,4,7-8,11-15H2,1H3. The number of alkyl halides is 3. The van der Waals surface area contributed by atoms with E-state index in [1.807, 2.05) is 4.90 Å². The molecule has 0 spiro atoms. The van der Waals surface area contributed by atoms with Crippen LogP contribution in [-0.4, -0.2) is 41.4 Å². The Balaban J connectivity index is 1.30. The fourth-order valence-corrected chi connectivity index (χ4v) is 4.81. The highest BCUT2D eigenvalue weighted by atomic mass is 19.4. The molecule has 1 aromatic carbocycles. The maximum Gasteiger partial charge on any atom is 0.417 e. The van der Waals surface area contributed by atoms with E-state index in [4.69, 9.17) is 0 Å². The normalized spacial score (nSPS) is 16.2. The van der Waals surface area contributed by atoms with Crippen molar-refractivity contribution in [2.75, 3.05) is 36.0 Å². The Morgan fingerprint density at radius 1 is 0.879 bits per heavy atom. The van der Waals surface area contributed by atoms with Gasteiger partial charge in [0.25, 0.3) is 0 Å². The number of nitrogens with zero attached hydrogens (tertiary/aromatic N) is 5. The van der Waals surface area contributed by atoms with Crippen molar-refractivity contribution in [1.82, 2.24) is 15.2 Å². The van der Waals surface area contributed by atoms with E-state index in [1.165, 1.54) is 28.3 Å². The highest BCUT2D eigenvalue weighted by Gasteiger charge is 2.31. The first-order chi connectivity index (χ1) is 15.9. The average Bonchev–Trinajstić information content (AvgIpc) is 3.31. The number of piperazine rings is 1. The number of pyridine rings is 1. The van der Waals surface area contributed by atoms with E-state index in [2.05, 4.69) is 51.3 Å². The Hall–Kier alpha value is -3.16. The number of aromatic nitrogens is 3. The molecule has 0 saturated carbocycles. The first kappa shape index (κ1) is 21.7. The number of fused-ring (bicyclic) bond motifs is 1. The molecule has 0 unspecified atom stereocenters. The van der Waals surface area contributed by atoms with Crippen molar-refractivity contribution in [2.24, 2.45) is 0 Å². The van der Waals surface area contributed by atoms with E-state index < -0.39 is 11.7 Å². The predicted octanol–water partition coefficient (Wildman–Crippen LogP) is 4.60. The molecule has 33 heavy (non-hydrogen) atoms. The van der Waals surface area contributed by atoms with Gasteiger partial charge in [-0.1, -0.05) is 24.3 Å². The molecule has 172 valence electrons. The van der Waals surface area contributed by atoms with Crippen molar-refractivity contribution in [3.63, 3.8) is 0 Å². The lowest BCUT2D eigenvalue weighted by Gasteiger charge is -2.36. The van der Waals surface area contributed by atoms with Crippen molar-refractivity contribution in [3.05, 3.63) is 76.1 Å². The molecule has 5 nitrogen and oxygen atoms in total. The predicted molar refractivity (Wildman–Crippen MR) is 122 cm³/mol. The van der Waals surface area contributed by atoms with E-state index in [0.717, 1.165) is 62.5 Å². The van der Waals surface area contributed by atoms with Crippen molar-refractivity contribution in [1.29, 1.82) is 0 Å². The minimum absolute atomic E-state index is 0.576. The van der Waals surface area contributed by atoms with Crippen LogP contribution in [-0.2, 0) is 25.4 Å². The zero-order chi connectivity index (χ0) is 23.0. The largest absolute Gasteiger partial charge is 0.417 e. The van der Waals surface area contributed by atoms with Crippen LogP contribution in [0.4, 0.5) is 24.8 Å². The van der Waals surface area contributed by atoms with Gasteiger partial charge < -0.3 is 9.80 Å². The summed E-state index contributed by atoms with van der Waals surface area (Å²) in [5, 5.41) is 9.30. The first-order valence-electron chi connectivity index (χ1n) is 11.3. The summed E-state index contributed by atoms with van der Waals surface area (Å²) in [6, 6.07) is 11.0. The van der Waals surface area contributed by atoms with Crippen LogP contribution in [0.2, 0.25) is 0 Å². The average molecular weight is 454 g/mol. The van der Waals surface area contributed by atoms with Gasteiger partial charge in [-0.05, 0) is 55.0 Å². The van der Waals surface area contributed by atoms with E-state index in [0.29, 0.717) is 18.9 Å². The van der Waals surface area contributed by atoms with Crippen LogP contribution in [0.25, 0.3) is 0 Å². The van der Waals surface area contributed by atoms with Gasteiger partial charge in [-0.15, -0.1) is 5.10 Å². The van der Waals surface area contributed by atoms with Crippen LogP contribution in [0.15, 0.2) is 42.6 Å². The summed E-state index contributed by atoms with van der Waals surface area (Å²) >= 11 is 0. The Labute approximate surface area is 191 Å². The topological polar surface area (TPSA) is 45.2 Å². The zero-order valence-electron chi connectivity index (χ0n) is 18.6. The number of anilines is 2. The number of halogens is 3. The highest BCUT2D eigenvalue weighted by molar-refractivity contribution is 5.55. The van der Waals surface area contributed by atoms with Crippen molar-refractivity contribution in [2.45, 2.75) is 38.8 Å². The maximum atomic E-state index is 12.8. The Kier molecular flexibility index (Phi) is 5.68. The molecular weight excluding hydrogens is 427 g/mol. The van der Waals surface area contributed by atoms with Gasteiger partial charge in [0.2, 0.25) is 0 Å². The molecule has 0 amide bonds. The van der Waals surface area contributed by atoms with Crippen LogP contribution in [0.1, 0.15) is 39.9 Å². The minimum atomic E-state index is -4.37. The molecule has 3 heterocycles. The summed E-state index contributed by atoms with van der Waals surface area (Å²) in [6.45, 7) is 4.96. The summed E-state index contributed by atoms with van der Waals surface area (Å²) in [5.74, 6) is 1.55. The van der Waals surface area contributed by atoms with Gasteiger partial charge in [-0.2, -0.15) is 18.3 Å². The molecule has 3 aromatic rings. The molecule has 0 radical (unpaired) electrons. The second kappa shape index (κ2) is 8.65. The SMILES string of the molecule is Cc1ccccc1Cc1nnc(N2CCN(c3ccc(C(F)(F)F)cn3)CC2)c2c1CCC2. The number of hydrogen-bond donors (Lipinski definition) is 0. The molecule has 2 aromatic heterocycles. The lowest BCUT2D eigenvalue weighted by Crippen LogP contribution is -2.47. The number of benzene rings is 1. The summed E-state index contributed by atoms with van der Waals surface area (Å²) in [6.07, 6.45) is 0.513. The molecule has 1 saturated heterocycles. The van der Waals surface area contributed by atoms with Crippen molar-refractivity contribution in [3.8, 4) is 0 Å². The van der Waals surface area contributed by atoms with Crippen molar-refractivity contribution < 1.29 is 13.2 Å². The Morgan fingerprint density at radius 3 is 2.30 bits per heavy atom. The monoisotopic (exact) mass is 453 g/mol. The fraction of sp³-hybridized carbons (Fsp3) is 0.400. The third-order valence-electron chi connectivity index (χ3n) is 6.70. The van der Waals surface area contributed by atoms with E-state index in [1.54, 1.807) is 0 Å². The van der Waals surface area contributed by atoms with Crippen LogP contribution in [0, 0.1) is 6.92 Å². The Morgan fingerprint density at radius 2 is 1.61 bits per heavy atom. The zero-order valence-corrected chi connectivity index (χ0v) is 18.6. The summed E-state index contributed by atoms with van der Waals surface area (Å²) in [5.41, 5.74) is 5.56. The molecule has 1 aliphatic heterocycles. The molecule has 0 atom stereocenters. The molecular formula is C25H26F3N5. The van der Waals surface area contributed by atoms with Gasteiger partial charge in [-0.3, -0.25) is 0 Å². The quantitative estimate of drug-likeness (QED) is 0.578. The number of rotatable bonds is 4. The molecule has 5 rings (SSSR count). The highest BCUT2D eigenvalue weighted by Crippen LogP contribution is 2.33. The van der Waals surface area contributed by atoms with Gasteiger partial charge in [0.1, 0.15) is 5.82 Å². The second-order valence-electron chi connectivity index (χ2n) is 8.76. The van der Waals surface area contributed by atoms with Gasteiger partial charge in [0.05, 0.1) is 11.3 Å². The van der Waals surface area contributed by atoms with Crippen LogP contribution < -0.4 is 9.80 Å².